The van der Waals surface area contributed by atoms with Gasteiger partial charge in [-0.15, -0.1) is 6.58 Å². The molecule has 0 radical (unpaired) electrons. The zero-order valence-corrected chi connectivity index (χ0v) is 17.7. The zero-order chi connectivity index (χ0) is 19.9. The predicted molar refractivity (Wildman–Crippen MR) is 113 cm³/mol. The van der Waals surface area contributed by atoms with Gasteiger partial charge in [0.2, 0.25) is 0 Å². The van der Waals surface area contributed by atoms with Crippen LogP contribution in [0.15, 0.2) is 36.9 Å². The van der Waals surface area contributed by atoms with Gasteiger partial charge in [-0.05, 0) is 71.6 Å². The van der Waals surface area contributed by atoms with Gasteiger partial charge in [0.1, 0.15) is 5.75 Å². The largest absolute Gasteiger partial charge is 0.507 e. The van der Waals surface area contributed by atoms with E-state index < -0.39 is 0 Å². The molecule has 0 saturated carbocycles. The molecule has 1 N–H and O–H groups in total. The lowest BCUT2D eigenvalue weighted by Crippen LogP contribution is -2.23. The van der Waals surface area contributed by atoms with E-state index in [0.29, 0.717) is 12.2 Å². The standard InChI is InChI=1S/C25H34O/c1-10-11-19-14-20(15-22(23(19)26)24(5,6)7)25(8,9)21-13-12-16(2)17(3)18(21)4/h10,12-15,26H,1,11H2,2-9H3. The molecule has 0 spiro atoms. The van der Waals surface area contributed by atoms with E-state index in [0.717, 1.165) is 11.1 Å². The minimum atomic E-state index is -0.147. The number of allylic oxidation sites excluding steroid dienone is 1. The summed E-state index contributed by atoms with van der Waals surface area (Å²) < 4.78 is 0. The fourth-order valence-electron chi connectivity index (χ4n) is 3.73. The van der Waals surface area contributed by atoms with Crippen molar-refractivity contribution in [1.82, 2.24) is 0 Å². The molecule has 1 heteroatoms. The maximum Gasteiger partial charge on any atom is 0.122 e. The fourth-order valence-corrected chi connectivity index (χ4v) is 3.73. The number of hydrogen-bond acceptors (Lipinski definition) is 1. The first-order valence-corrected chi connectivity index (χ1v) is 9.46. The summed E-state index contributed by atoms with van der Waals surface area (Å²) >= 11 is 0. The van der Waals surface area contributed by atoms with Crippen LogP contribution in [0.5, 0.6) is 5.75 Å². The smallest absolute Gasteiger partial charge is 0.122 e. The van der Waals surface area contributed by atoms with E-state index in [9.17, 15) is 5.11 Å². The Labute approximate surface area is 159 Å². The minimum absolute atomic E-state index is 0.121. The molecule has 0 amide bonds. The Morgan fingerprint density at radius 2 is 1.54 bits per heavy atom. The Morgan fingerprint density at radius 3 is 2.08 bits per heavy atom. The lowest BCUT2D eigenvalue weighted by Gasteiger charge is -2.32. The molecule has 0 aromatic heterocycles. The summed E-state index contributed by atoms with van der Waals surface area (Å²) in [5.41, 5.74) is 8.31. The maximum absolute atomic E-state index is 10.8. The number of benzene rings is 2. The van der Waals surface area contributed by atoms with Gasteiger partial charge in [0.25, 0.3) is 0 Å². The van der Waals surface area contributed by atoms with Crippen molar-refractivity contribution < 1.29 is 5.11 Å². The first-order chi connectivity index (χ1) is 11.9. The first kappa shape index (κ1) is 20.3. The predicted octanol–water partition coefficient (Wildman–Crippen LogP) is 6.67. The van der Waals surface area contributed by atoms with Gasteiger partial charge in [0.15, 0.2) is 0 Å². The number of aryl methyl sites for hydroxylation is 1. The van der Waals surface area contributed by atoms with Crippen molar-refractivity contribution in [1.29, 1.82) is 0 Å². The third kappa shape index (κ3) is 3.58. The summed E-state index contributed by atoms with van der Waals surface area (Å²) in [6.07, 6.45) is 2.53. The summed E-state index contributed by atoms with van der Waals surface area (Å²) in [6, 6.07) is 8.82. The first-order valence-electron chi connectivity index (χ1n) is 9.46. The molecule has 0 bridgehead atoms. The van der Waals surface area contributed by atoms with Crippen LogP contribution in [-0.2, 0) is 17.3 Å². The van der Waals surface area contributed by atoms with Crippen LogP contribution in [0.1, 0.15) is 73.6 Å². The van der Waals surface area contributed by atoms with Crippen LogP contribution in [0.3, 0.4) is 0 Å². The molecule has 2 aromatic rings. The third-order valence-corrected chi connectivity index (χ3v) is 5.81. The number of phenols is 1. The normalized spacial score (nSPS) is 12.3. The van der Waals surface area contributed by atoms with Crippen molar-refractivity contribution in [3.63, 3.8) is 0 Å². The van der Waals surface area contributed by atoms with E-state index in [-0.39, 0.29) is 10.8 Å². The molecule has 1 nitrogen and oxygen atoms in total. The second-order valence-corrected chi connectivity index (χ2v) is 9.08. The zero-order valence-electron chi connectivity index (χ0n) is 17.7. The van der Waals surface area contributed by atoms with Crippen LogP contribution >= 0.6 is 0 Å². The molecule has 140 valence electrons. The Bertz CT molecular complexity index is 832. The average Bonchev–Trinajstić information content (AvgIpc) is 2.53. The summed E-state index contributed by atoms with van der Waals surface area (Å²) in [4.78, 5) is 0. The van der Waals surface area contributed by atoms with Crippen LogP contribution in [0, 0.1) is 20.8 Å². The Hall–Kier alpha value is -2.02. The fraction of sp³-hybridized carbons (Fsp3) is 0.440. The molecular formula is C25H34O. The lowest BCUT2D eigenvalue weighted by atomic mass is 9.72. The van der Waals surface area contributed by atoms with Crippen LogP contribution in [0.4, 0.5) is 0 Å². The molecule has 0 aliphatic heterocycles. The molecule has 26 heavy (non-hydrogen) atoms. The van der Waals surface area contributed by atoms with Crippen molar-refractivity contribution in [2.45, 2.75) is 72.6 Å². The molecule has 2 aromatic carbocycles. The van der Waals surface area contributed by atoms with Gasteiger partial charge in [0.05, 0.1) is 0 Å². The highest BCUT2D eigenvalue weighted by Crippen LogP contribution is 2.41. The highest BCUT2D eigenvalue weighted by molar-refractivity contribution is 5.53. The highest BCUT2D eigenvalue weighted by atomic mass is 16.3. The van der Waals surface area contributed by atoms with Crippen LogP contribution in [-0.4, -0.2) is 5.11 Å². The molecule has 2 rings (SSSR count). The molecule has 0 aliphatic carbocycles. The number of phenolic OH excluding ortho intramolecular Hbond substituents is 1. The van der Waals surface area contributed by atoms with Crippen LogP contribution < -0.4 is 0 Å². The van der Waals surface area contributed by atoms with Crippen molar-refractivity contribution in [3.05, 3.63) is 75.9 Å². The summed E-state index contributed by atoms with van der Waals surface area (Å²) in [7, 11) is 0. The van der Waals surface area contributed by atoms with Gasteiger partial charge < -0.3 is 5.11 Å². The van der Waals surface area contributed by atoms with Gasteiger partial charge >= 0.3 is 0 Å². The van der Waals surface area contributed by atoms with Gasteiger partial charge in [-0.2, -0.15) is 0 Å². The van der Waals surface area contributed by atoms with Gasteiger partial charge in [-0.25, -0.2) is 0 Å². The van der Waals surface area contributed by atoms with Crippen LogP contribution in [0.2, 0.25) is 0 Å². The van der Waals surface area contributed by atoms with Crippen molar-refractivity contribution in [2.75, 3.05) is 0 Å². The van der Waals surface area contributed by atoms with E-state index in [1.54, 1.807) is 0 Å². The van der Waals surface area contributed by atoms with E-state index in [1.165, 1.54) is 27.8 Å². The summed E-state index contributed by atoms with van der Waals surface area (Å²) in [5.74, 6) is 0.411. The topological polar surface area (TPSA) is 20.2 Å². The Balaban J connectivity index is 2.75. The van der Waals surface area contributed by atoms with E-state index in [2.05, 4.69) is 86.2 Å². The molecular weight excluding hydrogens is 316 g/mol. The molecule has 0 aliphatic rings. The van der Waals surface area contributed by atoms with E-state index >= 15 is 0 Å². The third-order valence-electron chi connectivity index (χ3n) is 5.81. The van der Waals surface area contributed by atoms with Crippen molar-refractivity contribution in [3.8, 4) is 5.75 Å². The maximum atomic E-state index is 10.8. The highest BCUT2D eigenvalue weighted by Gasteiger charge is 2.29. The molecule has 0 saturated heterocycles. The van der Waals surface area contributed by atoms with E-state index in [4.69, 9.17) is 0 Å². The number of aromatic hydroxyl groups is 1. The monoisotopic (exact) mass is 350 g/mol. The Kier molecular flexibility index (Phi) is 5.42. The van der Waals surface area contributed by atoms with Gasteiger partial charge in [0, 0.05) is 5.41 Å². The summed E-state index contributed by atoms with van der Waals surface area (Å²) in [6.45, 7) is 21.5. The molecule has 0 atom stereocenters. The number of hydrogen-bond donors (Lipinski definition) is 1. The van der Waals surface area contributed by atoms with E-state index in [1.807, 2.05) is 6.08 Å². The Morgan fingerprint density at radius 1 is 0.923 bits per heavy atom. The second kappa shape index (κ2) is 6.95. The van der Waals surface area contributed by atoms with Gasteiger partial charge in [-0.1, -0.05) is 65.0 Å². The summed E-state index contributed by atoms with van der Waals surface area (Å²) in [5, 5.41) is 10.8. The lowest BCUT2D eigenvalue weighted by molar-refractivity contribution is 0.440. The molecule has 0 heterocycles. The second-order valence-electron chi connectivity index (χ2n) is 9.08. The van der Waals surface area contributed by atoms with Crippen LogP contribution in [0.25, 0.3) is 0 Å². The van der Waals surface area contributed by atoms with Gasteiger partial charge in [-0.3, -0.25) is 0 Å². The molecule has 0 fully saturated rings. The SMILES string of the molecule is C=CCc1cc(C(C)(C)c2ccc(C)c(C)c2C)cc(C(C)(C)C)c1O. The van der Waals surface area contributed by atoms with Crippen molar-refractivity contribution in [2.24, 2.45) is 0 Å². The quantitative estimate of drug-likeness (QED) is 0.611. The average molecular weight is 351 g/mol. The minimum Gasteiger partial charge on any atom is -0.507 e. The molecule has 0 unspecified atom stereocenters. The van der Waals surface area contributed by atoms with Crippen molar-refractivity contribution >= 4 is 0 Å². The number of rotatable bonds is 4.